The number of nitrogens with zero attached hydrogens (tertiary/aromatic N) is 1. The van der Waals surface area contributed by atoms with Crippen molar-refractivity contribution in [1.82, 2.24) is 4.57 Å². The summed E-state index contributed by atoms with van der Waals surface area (Å²) < 4.78 is 2.35. The van der Waals surface area contributed by atoms with Gasteiger partial charge in [-0.2, -0.15) is 0 Å². The molecule has 0 aliphatic carbocycles. The first-order valence-corrected chi connectivity index (χ1v) is 5.78. The van der Waals surface area contributed by atoms with Crippen LogP contribution in [-0.2, 0) is 12.0 Å². The van der Waals surface area contributed by atoms with Crippen molar-refractivity contribution in [2.75, 3.05) is 0 Å². The fourth-order valence-corrected chi connectivity index (χ4v) is 2.02. The highest BCUT2D eigenvalue weighted by Gasteiger charge is 2.15. The van der Waals surface area contributed by atoms with Crippen LogP contribution in [0.25, 0.3) is 0 Å². The lowest BCUT2D eigenvalue weighted by Gasteiger charge is -2.24. The molecule has 0 aliphatic heterocycles. The molecule has 2 aromatic rings. The Morgan fingerprint density at radius 2 is 1.62 bits per heavy atom. The van der Waals surface area contributed by atoms with Crippen LogP contribution < -0.4 is 0 Å². The van der Waals surface area contributed by atoms with E-state index in [0.717, 1.165) is 6.42 Å². The lowest BCUT2D eigenvalue weighted by molar-refractivity contribution is 0.388. The summed E-state index contributed by atoms with van der Waals surface area (Å²) in [7, 11) is 0. The second-order valence-corrected chi connectivity index (χ2v) is 5.20. The Morgan fingerprint density at radius 1 is 0.938 bits per heavy atom. The van der Waals surface area contributed by atoms with Gasteiger partial charge < -0.3 is 4.57 Å². The van der Waals surface area contributed by atoms with Gasteiger partial charge in [-0.15, -0.1) is 0 Å². The SMILES string of the molecule is CC(C)(C)n1cccc1Cc1ccccc1. The van der Waals surface area contributed by atoms with Crippen LogP contribution in [0.3, 0.4) is 0 Å². The molecule has 0 atom stereocenters. The Morgan fingerprint density at radius 3 is 2.25 bits per heavy atom. The minimum atomic E-state index is 0.160. The Kier molecular flexibility index (Phi) is 2.86. The Hall–Kier alpha value is -1.50. The molecule has 0 spiro atoms. The van der Waals surface area contributed by atoms with Gasteiger partial charge in [0.2, 0.25) is 0 Å². The van der Waals surface area contributed by atoms with Gasteiger partial charge >= 0.3 is 0 Å². The van der Waals surface area contributed by atoms with Crippen molar-refractivity contribution in [2.45, 2.75) is 32.7 Å². The van der Waals surface area contributed by atoms with Gasteiger partial charge in [0.1, 0.15) is 0 Å². The van der Waals surface area contributed by atoms with Crippen LogP contribution in [0.5, 0.6) is 0 Å². The summed E-state index contributed by atoms with van der Waals surface area (Å²) in [6.45, 7) is 6.71. The average molecular weight is 213 g/mol. The first-order chi connectivity index (χ1) is 7.57. The standard InChI is InChI=1S/C15H19N/c1-15(2,3)16-11-7-10-14(16)12-13-8-5-4-6-9-13/h4-11H,12H2,1-3H3. The van der Waals surface area contributed by atoms with Gasteiger partial charge in [0.15, 0.2) is 0 Å². The van der Waals surface area contributed by atoms with Crippen molar-refractivity contribution >= 4 is 0 Å². The maximum absolute atomic E-state index is 2.35. The zero-order valence-electron chi connectivity index (χ0n) is 10.3. The summed E-state index contributed by atoms with van der Waals surface area (Å²) in [4.78, 5) is 0. The van der Waals surface area contributed by atoms with Crippen molar-refractivity contribution in [2.24, 2.45) is 0 Å². The van der Waals surface area contributed by atoms with Crippen molar-refractivity contribution in [3.05, 3.63) is 59.9 Å². The first kappa shape index (κ1) is 11.0. The average Bonchev–Trinajstić information content (AvgIpc) is 2.67. The highest BCUT2D eigenvalue weighted by molar-refractivity contribution is 5.23. The Balaban J connectivity index is 2.26. The van der Waals surface area contributed by atoms with Crippen LogP contribution >= 0.6 is 0 Å². The zero-order valence-corrected chi connectivity index (χ0v) is 10.3. The minimum absolute atomic E-state index is 0.160. The molecule has 1 nitrogen and oxygen atoms in total. The number of hydrogen-bond donors (Lipinski definition) is 0. The van der Waals surface area contributed by atoms with Crippen molar-refractivity contribution in [1.29, 1.82) is 0 Å². The molecule has 1 aromatic heterocycles. The lowest BCUT2D eigenvalue weighted by atomic mass is 10.1. The maximum atomic E-state index is 2.35. The lowest BCUT2D eigenvalue weighted by Crippen LogP contribution is -2.23. The molecule has 0 radical (unpaired) electrons. The number of rotatable bonds is 2. The van der Waals surface area contributed by atoms with E-state index in [2.05, 4.69) is 74.0 Å². The summed E-state index contributed by atoms with van der Waals surface area (Å²) in [6, 6.07) is 15.0. The molecule has 2 rings (SSSR count). The third kappa shape index (κ3) is 2.35. The van der Waals surface area contributed by atoms with Gasteiger partial charge in [0.25, 0.3) is 0 Å². The quantitative estimate of drug-likeness (QED) is 0.714. The molecular weight excluding hydrogens is 194 g/mol. The molecule has 0 N–H and O–H groups in total. The van der Waals surface area contributed by atoms with Gasteiger partial charge in [-0.1, -0.05) is 30.3 Å². The monoisotopic (exact) mass is 213 g/mol. The van der Waals surface area contributed by atoms with E-state index < -0.39 is 0 Å². The predicted molar refractivity (Wildman–Crippen MR) is 68.7 cm³/mol. The summed E-state index contributed by atoms with van der Waals surface area (Å²) >= 11 is 0. The van der Waals surface area contributed by atoms with E-state index in [1.54, 1.807) is 0 Å². The molecule has 16 heavy (non-hydrogen) atoms. The van der Waals surface area contributed by atoms with Gasteiger partial charge in [-0.05, 0) is 38.5 Å². The summed E-state index contributed by atoms with van der Waals surface area (Å²) in [5.41, 5.74) is 2.90. The largest absolute Gasteiger partial charge is 0.346 e. The molecule has 0 unspecified atom stereocenters. The smallest absolute Gasteiger partial charge is 0.0358 e. The third-order valence-corrected chi connectivity index (χ3v) is 2.78. The fourth-order valence-electron chi connectivity index (χ4n) is 2.02. The summed E-state index contributed by atoms with van der Waals surface area (Å²) in [5, 5.41) is 0. The maximum Gasteiger partial charge on any atom is 0.0358 e. The highest BCUT2D eigenvalue weighted by Crippen LogP contribution is 2.19. The first-order valence-electron chi connectivity index (χ1n) is 5.78. The van der Waals surface area contributed by atoms with Crippen LogP contribution in [0.2, 0.25) is 0 Å². The summed E-state index contributed by atoms with van der Waals surface area (Å²) in [5.74, 6) is 0. The van der Waals surface area contributed by atoms with E-state index in [4.69, 9.17) is 0 Å². The van der Waals surface area contributed by atoms with E-state index in [0.29, 0.717) is 0 Å². The molecule has 0 saturated heterocycles. The van der Waals surface area contributed by atoms with Crippen molar-refractivity contribution < 1.29 is 0 Å². The molecule has 0 bridgehead atoms. The van der Waals surface area contributed by atoms with E-state index in [1.165, 1.54) is 11.3 Å². The van der Waals surface area contributed by atoms with Crippen LogP contribution in [0.4, 0.5) is 0 Å². The van der Waals surface area contributed by atoms with Gasteiger partial charge in [0.05, 0.1) is 0 Å². The number of benzene rings is 1. The molecule has 0 amide bonds. The fraction of sp³-hybridized carbons (Fsp3) is 0.333. The normalized spacial score (nSPS) is 11.7. The molecule has 1 heteroatoms. The van der Waals surface area contributed by atoms with Crippen LogP contribution in [0, 0.1) is 0 Å². The van der Waals surface area contributed by atoms with E-state index in [1.807, 2.05) is 0 Å². The van der Waals surface area contributed by atoms with Crippen molar-refractivity contribution in [3.63, 3.8) is 0 Å². The molecule has 1 heterocycles. The molecule has 0 aliphatic rings. The summed E-state index contributed by atoms with van der Waals surface area (Å²) in [6.07, 6.45) is 3.17. The molecule has 0 saturated carbocycles. The van der Waals surface area contributed by atoms with Gasteiger partial charge in [-0.3, -0.25) is 0 Å². The van der Waals surface area contributed by atoms with Gasteiger partial charge in [-0.25, -0.2) is 0 Å². The van der Waals surface area contributed by atoms with Crippen LogP contribution in [0.15, 0.2) is 48.7 Å². The van der Waals surface area contributed by atoms with Crippen LogP contribution in [0.1, 0.15) is 32.0 Å². The van der Waals surface area contributed by atoms with Crippen molar-refractivity contribution in [3.8, 4) is 0 Å². The zero-order chi connectivity index (χ0) is 11.6. The van der Waals surface area contributed by atoms with E-state index >= 15 is 0 Å². The number of hydrogen-bond acceptors (Lipinski definition) is 0. The molecule has 1 aromatic carbocycles. The second kappa shape index (κ2) is 4.17. The topological polar surface area (TPSA) is 4.93 Å². The third-order valence-electron chi connectivity index (χ3n) is 2.78. The van der Waals surface area contributed by atoms with E-state index in [-0.39, 0.29) is 5.54 Å². The van der Waals surface area contributed by atoms with Crippen LogP contribution in [-0.4, -0.2) is 4.57 Å². The Labute approximate surface area is 97.7 Å². The minimum Gasteiger partial charge on any atom is -0.346 e. The Bertz CT molecular complexity index is 446. The number of aromatic nitrogens is 1. The highest BCUT2D eigenvalue weighted by atomic mass is 15.0. The van der Waals surface area contributed by atoms with E-state index in [9.17, 15) is 0 Å². The molecule has 0 fully saturated rings. The predicted octanol–water partition coefficient (Wildman–Crippen LogP) is 3.83. The molecule has 84 valence electrons. The second-order valence-electron chi connectivity index (χ2n) is 5.20. The molecular formula is C15H19N. The van der Waals surface area contributed by atoms with Gasteiger partial charge in [0, 0.05) is 23.9 Å².